The highest BCUT2D eigenvalue weighted by molar-refractivity contribution is 6.43. The molecule has 0 radical (unpaired) electrons. The predicted molar refractivity (Wildman–Crippen MR) is 77.9 cm³/mol. The molecule has 0 saturated carbocycles. The molecule has 1 aliphatic rings. The van der Waals surface area contributed by atoms with Crippen molar-refractivity contribution in [2.24, 2.45) is 0 Å². The van der Waals surface area contributed by atoms with Crippen LogP contribution >= 0.6 is 0 Å². The van der Waals surface area contributed by atoms with Gasteiger partial charge in [0.25, 0.3) is 0 Å². The van der Waals surface area contributed by atoms with Crippen LogP contribution in [-0.4, -0.2) is 47.6 Å². The Bertz CT molecular complexity index is 420. The van der Waals surface area contributed by atoms with Gasteiger partial charge in [0.1, 0.15) is 0 Å². The smallest absolute Gasteiger partial charge is 0.427 e. The molecule has 0 spiro atoms. The van der Waals surface area contributed by atoms with E-state index >= 15 is 0 Å². The Morgan fingerprint density at radius 2 is 1.90 bits per heavy atom. The maximum absolute atomic E-state index is 12.0. The van der Waals surface area contributed by atoms with Crippen molar-refractivity contribution in [1.29, 1.82) is 0 Å². The monoisotopic (exact) mass is 276 g/mol. The molecule has 108 valence electrons. The Labute approximate surface area is 119 Å². The minimum absolute atomic E-state index is 0.0758. The highest BCUT2D eigenvalue weighted by atomic mass is 16.4. The van der Waals surface area contributed by atoms with Crippen molar-refractivity contribution >= 4 is 13.0 Å². The van der Waals surface area contributed by atoms with Crippen LogP contribution in [0.1, 0.15) is 18.4 Å². The summed E-state index contributed by atoms with van der Waals surface area (Å²) < 4.78 is 0. The second-order valence-corrected chi connectivity index (χ2v) is 5.22. The molecule has 0 unspecified atom stereocenters. The molecule has 0 aliphatic carbocycles. The van der Waals surface area contributed by atoms with E-state index < -0.39 is 7.12 Å². The number of amides is 1. The lowest BCUT2D eigenvalue weighted by atomic mass is 9.67. The molecule has 3 N–H and O–H groups in total. The first-order valence-electron chi connectivity index (χ1n) is 7.05. The molecule has 1 amide bonds. The van der Waals surface area contributed by atoms with E-state index in [-0.39, 0.29) is 11.7 Å². The zero-order valence-electron chi connectivity index (χ0n) is 11.5. The summed E-state index contributed by atoms with van der Waals surface area (Å²) in [6.45, 7) is 2.21. The number of piperidine rings is 1. The van der Waals surface area contributed by atoms with Gasteiger partial charge in [-0.15, -0.1) is 0 Å². The third-order valence-corrected chi connectivity index (χ3v) is 3.76. The summed E-state index contributed by atoms with van der Waals surface area (Å²) in [5.41, 5.74) is 1.16. The first kappa shape index (κ1) is 15.0. The van der Waals surface area contributed by atoms with Gasteiger partial charge in [-0.1, -0.05) is 30.3 Å². The maximum Gasteiger partial charge on any atom is 0.454 e. The van der Waals surface area contributed by atoms with Crippen LogP contribution in [0.3, 0.4) is 0 Å². The van der Waals surface area contributed by atoms with E-state index in [1.54, 1.807) is 4.90 Å². The van der Waals surface area contributed by atoms with E-state index in [0.717, 1.165) is 5.56 Å². The summed E-state index contributed by atoms with van der Waals surface area (Å²) in [5, 5.41) is 21.4. The Balaban J connectivity index is 1.68. The average molecular weight is 276 g/mol. The lowest BCUT2D eigenvalue weighted by Gasteiger charge is -2.31. The van der Waals surface area contributed by atoms with Gasteiger partial charge >= 0.3 is 7.12 Å². The zero-order valence-corrected chi connectivity index (χ0v) is 11.5. The minimum atomic E-state index is -1.26. The summed E-state index contributed by atoms with van der Waals surface area (Å²) in [7, 11) is -1.26. The van der Waals surface area contributed by atoms with E-state index in [2.05, 4.69) is 5.32 Å². The van der Waals surface area contributed by atoms with Crippen molar-refractivity contribution in [3.05, 3.63) is 35.9 Å². The van der Waals surface area contributed by atoms with Gasteiger partial charge in [0.2, 0.25) is 5.91 Å². The van der Waals surface area contributed by atoms with Crippen molar-refractivity contribution in [2.45, 2.75) is 25.2 Å². The standard InChI is InChI=1S/C14H21BN2O3/c18-14(11-16-10-12-4-2-1-3-5-12)17-8-6-13(7-9-17)15(19)20/h1-5,13,16,19-20H,6-11H2. The quantitative estimate of drug-likeness (QED) is 0.674. The molecular weight excluding hydrogens is 255 g/mol. The normalized spacial score (nSPS) is 16.2. The number of benzene rings is 1. The topological polar surface area (TPSA) is 72.8 Å². The van der Waals surface area contributed by atoms with Crippen molar-refractivity contribution in [3.63, 3.8) is 0 Å². The third-order valence-electron chi connectivity index (χ3n) is 3.76. The van der Waals surface area contributed by atoms with Gasteiger partial charge in [0.05, 0.1) is 6.54 Å². The lowest BCUT2D eigenvalue weighted by molar-refractivity contribution is -0.131. The number of nitrogens with one attached hydrogen (secondary N) is 1. The first-order chi connectivity index (χ1) is 9.66. The van der Waals surface area contributed by atoms with E-state index in [0.29, 0.717) is 39.0 Å². The van der Waals surface area contributed by atoms with Crippen molar-refractivity contribution in [1.82, 2.24) is 10.2 Å². The Kier molecular flexibility index (Phi) is 5.58. The molecule has 1 heterocycles. The largest absolute Gasteiger partial charge is 0.454 e. The van der Waals surface area contributed by atoms with Gasteiger partial charge in [-0.25, -0.2) is 0 Å². The van der Waals surface area contributed by atoms with Gasteiger partial charge < -0.3 is 20.3 Å². The summed E-state index contributed by atoms with van der Waals surface area (Å²) in [6.07, 6.45) is 1.31. The highest BCUT2D eigenvalue weighted by Crippen LogP contribution is 2.23. The van der Waals surface area contributed by atoms with Crippen molar-refractivity contribution in [2.75, 3.05) is 19.6 Å². The minimum Gasteiger partial charge on any atom is -0.427 e. The molecule has 20 heavy (non-hydrogen) atoms. The zero-order chi connectivity index (χ0) is 14.4. The number of hydrogen-bond donors (Lipinski definition) is 3. The fourth-order valence-corrected chi connectivity index (χ4v) is 2.47. The van der Waals surface area contributed by atoms with Crippen molar-refractivity contribution < 1.29 is 14.8 Å². The Hall–Kier alpha value is -1.37. The molecule has 1 aromatic carbocycles. The summed E-state index contributed by atoms with van der Waals surface area (Å²) in [4.78, 5) is 13.8. The maximum atomic E-state index is 12.0. The number of rotatable bonds is 5. The molecule has 0 aromatic heterocycles. The van der Waals surface area contributed by atoms with E-state index in [1.165, 1.54) is 0 Å². The van der Waals surface area contributed by atoms with Gasteiger partial charge in [-0.3, -0.25) is 4.79 Å². The molecule has 1 fully saturated rings. The molecule has 1 aromatic rings. The van der Waals surface area contributed by atoms with Crippen LogP contribution in [0, 0.1) is 0 Å². The Morgan fingerprint density at radius 3 is 2.50 bits per heavy atom. The van der Waals surface area contributed by atoms with Crippen LogP contribution in [0.2, 0.25) is 5.82 Å². The number of hydrogen-bond acceptors (Lipinski definition) is 4. The molecule has 5 nitrogen and oxygen atoms in total. The van der Waals surface area contributed by atoms with Gasteiger partial charge in [0, 0.05) is 19.6 Å². The molecule has 1 saturated heterocycles. The lowest BCUT2D eigenvalue weighted by Crippen LogP contribution is -2.43. The SMILES string of the molecule is O=C(CNCc1ccccc1)N1CCC(B(O)O)CC1. The first-order valence-corrected chi connectivity index (χ1v) is 7.05. The average Bonchev–Trinajstić information content (AvgIpc) is 2.48. The second-order valence-electron chi connectivity index (χ2n) is 5.22. The second kappa shape index (κ2) is 7.43. The Morgan fingerprint density at radius 1 is 1.25 bits per heavy atom. The van der Waals surface area contributed by atoms with Crippen LogP contribution in [0.25, 0.3) is 0 Å². The van der Waals surface area contributed by atoms with E-state index in [4.69, 9.17) is 10.0 Å². The van der Waals surface area contributed by atoms with E-state index in [1.807, 2.05) is 30.3 Å². The van der Waals surface area contributed by atoms with Crippen molar-refractivity contribution in [3.8, 4) is 0 Å². The molecule has 6 heteroatoms. The summed E-state index contributed by atoms with van der Waals surface area (Å²) in [5.74, 6) is -0.0249. The molecule has 0 atom stereocenters. The predicted octanol–water partition coefficient (Wildman–Crippen LogP) is 0.242. The van der Waals surface area contributed by atoms with Crippen LogP contribution in [-0.2, 0) is 11.3 Å². The van der Waals surface area contributed by atoms with Gasteiger partial charge in [0.15, 0.2) is 0 Å². The van der Waals surface area contributed by atoms with Crippen LogP contribution in [0.5, 0.6) is 0 Å². The molecule has 0 bridgehead atoms. The van der Waals surface area contributed by atoms with E-state index in [9.17, 15) is 4.79 Å². The fraction of sp³-hybridized carbons (Fsp3) is 0.500. The fourth-order valence-electron chi connectivity index (χ4n) is 2.47. The number of carbonyl (C=O) groups is 1. The number of nitrogens with zero attached hydrogens (tertiary/aromatic N) is 1. The number of likely N-dealkylation sites (tertiary alicyclic amines) is 1. The summed E-state index contributed by atoms with van der Waals surface area (Å²) in [6, 6.07) is 9.96. The third kappa shape index (κ3) is 4.33. The van der Waals surface area contributed by atoms with Crippen LogP contribution < -0.4 is 5.32 Å². The number of carbonyl (C=O) groups excluding carboxylic acids is 1. The summed E-state index contributed by atoms with van der Waals surface area (Å²) >= 11 is 0. The van der Waals surface area contributed by atoms with Gasteiger partial charge in [-0.05, 0) is 24.2 Å². The molecular formula is C14H21BN2O3. The molecule has 2 rings (SSSR count). The molecule has 1 aliphatic heterocycles. The highest BCUT2D eigenvalue weighted by Gasteiger charge is 2.29. The van der Waals surface area contributed by atoms with Crippen LogP contribution in [0.15, 0.2) is 30.3 Å². The van der Waals surface area contributed by atoms with Gasteiger partial charge in [-0.2, -0.15) is 0 Å². The van der Waals surface area contributed by atoms with Crippen LogP contribution in [0.4, 0.5) is 0 Å².